The maximum absolute atomic E-state index is 12.8. The van der Waals surface area contributed by atoms with Crippen LogP contribution in [0.5, 0.6) is 0 Å². The third-order valence-corrected chi connectivity index (χ3v) is 5.10. The summed E-state index contributed by atoms with van der Waals surface area (Å²) in [5, 5.41) is 9.45. The summed E-state index contributed by atoms with van der Waals surface area (Å²) in [5.41, 5.74) is 1.03. The molecule has 116 valence electrons. The van der Waals surface area contributed by atoms with Crippen molar-refractivity contribution >= 4 is 33.0 Å². The Morgan fingerprint density at radius 2 is 1.65 bits per heavy atom. The average molecular weight is 327 g/mol. The second kappa shape index (κ2) is 5.73. The Bertz CT molecular complexity index is 1000. The van der Waals surface area contributed by atoms with Gasteiger partial charge in [0.25, 0.3) is 10.0 Å². The van der Waals surface area contributed by atoms with Gasteiger partial charge < -0.3 is 5.11 Å². The zero-order valence-corrected chi connectivity index (χ0v) is 12.8. The monoisotopic (exact) mass is 327 g/mol. The van der Waals surface area contributed by atoms with Gasteiger partial charge in [0.2, 0.25) is 0 Å². The van der Waals surface area contributed by atoms with Crippen LogP contribution in [0.3, 0.4) is 0 Å². The molecule has 0 aliphatic heterocycles. The predicted molar refractivity (Wildman–Crippen MR) is 87.6 cm³/mol. The molecule has 1 heterocycles. The smallest absolute Gasteiger partial charge is 0.328 e. The van der Waals surface area contributed by atoms with Crippen molar-refractivity contribution in [2.24, 2.45) is 0 Å². The van der Waals surface area contributed by atoms with E-state index in [4.69, 9.17) is 5.11 Å². The largest absolute Gasteiger partial charge is 0.478 e. The van der Waals surface area contributed by atoms with E-state index >= 15 is 0 Å². The minimum Gasteiger partial charge on any atom is -0.478 e. The lowest BCUT2D eigenvalue weighted by atomic mass is 10.1. The Kier molecular flexibility index (Phi) is 3.75. The molecule has 0 saturated carbocycles. The fourth-order valence-electron chi connectivity index (χ4n) is 2.37. The van der Waals surface area contributed by atoms with Gasteiger partial charge in [-0.15, -0.1) is 0 Å². The molecule has 6 heteroatoms. The van der Waals surface area contributed by atoms with Crippen LogP contribution in [0.25, 0.3) is 17.0 Å². The van der Waals surface area contributed by atoms with Gasteiger partial charge in [0, 0.05) is 23.2 Å². The highest BCUT2D eigenvalue weighted by Gasteiger charge is 2.20. The average Bonchev–Trinajstić information content (AvgIpc) is 2.93. The van der Waals surface area contributed by atoms with Crippen molar-refractivity contribution in [2.75, 3.05) is 0 Å². The highest BCUT2D eigenvalue weighted by atomic mass is 32.2. The molecular formula is C17H13NO4S. The number of hydrogen-bond acceptors (Lipinski definition) is 3. The summed E-state index contributed by atoms with van der Waals surface area (Å²) >= 11 is 0. The SMILES string of the molecule is O=C(O)/C=C/c1cn(S(=O)(=O)c2ccccc2)c2ccccc12. The highest BCUT2D eigenvalue weighted by molar-refractivity contribution is 7.90. The van der Waals surface area contributed by atoms with E-state index in [-0.39, 0.29) is 4.90 Å². The number of aromatic nitrogens is 1. The maximum atomic E-state index is 12.8. The third kappa shape index (κ3) is 2.76. The van der Waals surface area contributed by atoms with Crippen LogP contribution in [0.4, 0.5) is 0 Å². The van der Waals surface area contributed by atoms with Crippen LogP contribution in [0.1, 0.15) is 5.56 Å². The lowest BCUT2D eigenvalue weighted by molar-refractivity contribution is -0.131. The summed E-state index contributed by atoms with van der Waals surface area (Å²) in [4.78, 5) is 10.9. The summed E-state index contributed by atoms with van der Waals surface area (Å²) in [5.74, 6) is -1.09. The van der Waals surface area contributed by atoms with E-state index in [2.05, 4.69) is 0 Å². The number of carboxylic acid groups (broad SMARTS) is 1. The fraction of sp³-hybridized carbons (Fsp3) is 0. The molecule has 3 aromatic rings. The van der Waals surface area contributed by atoms with Gasteiger partial charge in [0.15, 0.2) is 0 Å². The lowest BCUT2D eigenvalue weighted by Gasteiger charge is -2.07. The zero-order chi connectivity index (χ0) is 16.4. The molecule has 0 atom stereocenters. The normalized spacial score (nSPS) is 12.0. The number of aliphatic carboxylic acids is 1. The molecule has 23 heavy (non-hydrogen) atoms. The van der Waals surface area contributed by atoms with E-state index in [1.807, 2.05) is 0 Å². The molecule has 0 spiro atoms. The number of hydrogen-bond donors (Lipinski definition) is 1. The van der Waals surface area contributed by atoms with Gasteiger partial charge in [-0.1, -0.05) is 36.4 Å². The summed E-state index contributed by atoms with van der Waals surface area (Å²) < 4.78 is 26.8. The van der Waals surface area contributed by atoms with Gasteiger partial charge >= 0.3 is 5.97 Å². The van der Waals surface area contributed by atoms with E-state index in [0.29, 0.717) is 16.5 Å². The van der Waals surface area contributed by atoms with Crippen LogP contribution in [0, 0.1) is 0 Å². The van der Waals surface area contributed by atoms with E-state index in [1.54, 1.807) is 42.5 Å². The number of benzene rings is 2. The number of fused-ring (bicyclic) bond motifs is 1. The molecule has 2 aromatic carbocycles. The van der Waals surface area contributed by atoms with Gasteiger partial charge in [0.05, 0.1) is 10.4 Å². The van der Waals surface area contributed by atoms with Crippen molar-refractivity contribution < 1.29 is 18.3 Å². The first-order chi connectivity index (χ1) is 11.0. The Morgan fingerprint density at radius 1 is 1.00 bits per heavy atom. The van der Waals surface area contributed by atoms with E-state index in [0.717, 1.165) is 6.08 Å². The molecule has 0 radical (unpaired) electrons. The molecule has 0 bridgehead atoms. The Morgan fingerprint density at radius 3 is 2.35 bits per heavy atom. The minimum atomic E-state index is -3.75. The summed E-state index contributed by atoms with van der Waals surface area (Å²) in [7, 11) is -3.75. The number of nitrogens with zero attached hydrogens (tertiary/aromatic N) is 1. The first-order valence-electron chi connectivity index (χ1n) is 6.82. The van der Waals surface area contributed by atoms with Crippen molar-refractivity contribution in [1.82, 2.24) is 3.97 Å². The molecule has 0 fully saturated rings. The van der Waals surface area contributed by atoms with Gasteiger partial charge in [-0.2, -0.15) is 0 Å². The van der Waals surface area contributed by atoms with Crippen LogP contribution in [0.15, 0.2) is 71.8 Å². The van der Waals surface area contributed by atoms with Crippen molar-refractivity contribution in [3.63, 3.8) is 0 Å². The molecule has 0 aliphatic carbocycles. The summed E-state index contributed by atoms with van der Waals surface area (Å²) in [6.45, 7) is 0. The van der Waals surface area contributed by atoms with Crippen LogP contribution in [-0.4, -0.2) is 23.5 Å². The number of para-hydroxylation sites is 1. The van der Waals surface area contributed by atoms with Crippen LogP contribution in [-0.2, 0) is 14.8 Å². The van der Waals surface area contributed by atoms with Crippen LogP contribution < -0.4 is 0 Å². The van der Waals surface area contributed by atoms with Crippen LogP contribution in [0.2, 0.25) is 0 Å². The zero-order valence-electron chi connectivity index (χ0n) is 12.0. The van der Waals surface area contributed by atoms with Crippen molar-refractivity contribution in [3.05, 3.63) is 72.4 Å². The minimum absolute atomic E-state index is 0.175. The van der Waals surface area contributed by atoms with Crippen molar-refractivity contribution in [3.8, 4) is 0 Å². The van der Waals surface area contributed by atoms with Gasteiger partial charge in [0.1, 0.15) is 0 Å². The van der Waals surface area contributed by atoms with E-state index in [9.17, 15) is 13.2 Å². The summed E-state index contributed by atoms with van der Waals surface area (Å²) in [6, 6.07) is 15.1. The predicted octanol–water partition coefficient (Wildman–Crippen LogP) is 2.98. The quantitative estimate of drug-likeness (QED) is 0.747. The van der Waals surface area contributed by atoms with Crippen molar-refractivity contribution in [2.45, 2.75) is 4.90 Å². The van der Waals surface area contributed by atoms with E-state index in [1.165, 1.54) is 28.4 Å². The first-order valence-corrected chi connectivity index (χ1v) is 8.26. The lowest BCUT2D eigenvalue weighted by Crippen LogP contribution is -2.11. The second-order valence-corrected chi connectivity index (χ2v) is 6.70. The molecule has 0 amide bonds. The Hall–Kier alpha value is -2.86. The molecular weight excluding hydrogens is 314 g/mol. The van der Waals surface area contributed by atoms with Gasteiger partial charge in [-0.25, -0.2) is 17.2 Å². The summed E-state index contributed by atoms with van der Waals surface area (Å²) in [6.07, 6.45) is 3.81. The first kappa shape index (κ1) is 15.1. The molecule has 0 saturated heterocycles. The fourth-order valence-corrected chi connectivity index (χ4v) is 3.77. The van der Waals surface area contributed by atoms with Crippen LogP contribution >= 0.6 is 0 Å². The molecule has 1 N–H and O–H groups in total. The molecule has 3 rings (SSSR count). The molecule has 0 aliphatic rings. The number of carboxylic acids is 1. The van der Waals surface area contributed by atoms with E-state index < -0.39 is 16.0 Å². The molecule has 0 unspecified atom stereocenters. The molecule has 1 aromatic heterocycles. The molecule has 5 nitrogen and oxygen atoms in total. The maximum Gasteiger partial charge on any atom is 0.328 e. The highest BCUT2D eigenvalue weighted by Crippen LogP contribution is 2.26. The standard InChI is InChI=1S/C17H13NO4S/c19-17(20)11-10-13-12-18(16-9-5-4-8-15(13)16)23(21,22)14-6-2-1-3-7-14/h1-12H,(H,19,20)/b11-10+. The Labute approximate surface area is 133 Å². The number of carbonyl (C=O) groups is 1. The Balaban J connectivity index is 2.25. The van der Waals surface area contributed by atoms with Crippen molar-refractivity contribution in [1.29, 1.82) is 0 Å². The van der Waals surface area contributed by atoms with Gasteiger partial charge in [-0.05, 0) is 24.3 Å². The number of rotatable bonds is 4. The topological polar surface area (TPSA) is 76.4 Å². The third-order valence-electron chi connectivity index (χ3n) is 3.41. The van der Waals surface area contributed by atoms with Gasteiger partial charge in [-0.3, -0.25) is 0 Å². The second-order valence-electron chi connectivity index (χ2n) is 4.89.